The van der Waals surface area contributed by atoms with Crippen LogP contribution in [0.3, 0.4) is 0 Å². The number of hydrogen-bond donors (Lipinski definition) is 1. The van der Waals surface area contributed by atoms with Crippen LogP contribution in [-0.4, -0.2) is 11.5 Å². The first-order valence-electron chi connectivity index (χ1n) is 2.02. The van der Waals surface area contributed by atoms with Gasteiger partial charge in [0.15, 0.2) is 0 Å². The number of aliphatic imine (C=N–C) groups is 1. The molecular formula is C4H7ClN2. The molecule has 0 aliphatic heterocycles. The van der Waals surface area contributed by atoms with Gasteiger partial charge in [-0.1, -0.05) is 18.5 Å². The van der Waals surface area contributed by atoms with Crippen LogP contribution in [-0.2, 0) is 0 Å². The summed E-state index contributed by atoms with van der Waals surface area (Å²) >= 11 is 5.36. The molecule has 0 spiro atoms. The topological polar surface area (TPSA) is 36.2 Å². The van der Waals surface area contributed by atoms with E-state index >= 15 is 0 Å². The summed E-state index contributed by atoms with van der Waals surface area (Å²) in [6.07, 6.45) is 1.64. The fourth-order valence-corrected chi connectivity index (χ4v) is 0.210. The van der Waals surface area contributed by atoms with Gasteiger partial charge in [-0.25, -0.2) is 4.99 Å². The Balaban J connectivity index is 3.49. The highest BCUT2D eigenvalue weighted by molar-refractivity contribution is 6.65. The normalized spacial score (nSPS) is 11.4. The Morgan fingerprint density at radius 3 is 2.71 bits per heavy atom. The van der Waals surface area contributed by atoms with E-state index < -0.39 is 0 Å². The van der Waals surface area contributed by atoms with E-state index in [1.54, 1.807) is 0 Å². The summed E-state index contributed by atoms with van der Waals surface area (Å²) in [5, 5.41) is 6.92. The van der Waals surface area contributed by atoms with Crippen molar-refractivity contribution < 1.29 is 0 Å². The molecule has 0 saturated heterocycles. The van der Waals surface area contributed by atoms with Crippen LogP contribution in [0.4, 0.5) is 0 Å². The van der Waals surface area contributed by atoms with Gasteiger partial charge < -0.3 is 0 Å². The molecular weight excluding hydrogens is 112 g/mol. The largest absolute Gasteiger partial charge is 0.289 e. The summed E-state index contributed by atoms with van der Waals surface area (Å²) in [6.45, 7) is 1.88. The second kappa shape index (κ2) is 3.81. The van der Waals surface area contributed by atoms with Gasteiger partial charge in [0.05, 0.1) is 0 Å². The van der Waals surface area contributed by atoms with Crippen LogP contribution in [0.5, 0.6) is 0 Å². The summed E-state index contributed by atoms with van der Waals surface area (Å²) in [4.78, 5) is 3.47. The lowest BCUT2D eigenvalue weighted by Gasteiger charge is -1.81. The molecule has 3 heteroatoms. The third kappa shape index (κ3) is 3.46. The van der Waals surface area contributed by atoms with Gasteiger partial charge in [0.2, 0.25) is 0 Å². The minimum absolute atomic E-state index is 0.481. The van der Waals surface area contributed by atoms with Crippen LogP contribution in [0.15, 0.2) is 4.99 Å². The Hall–Kier alpha value is -0.370. The standard InChI is InChI=1S/C4H7ClN2/c1-2-4(5)7-3-6/h3,6H,2H2,1H3/b6-3?,7-4+. The monoisotopic (exact) mass is 118 g/mol. The van der Waals surface area contributed by atoms with E-state index in [0.717, 1.165) is 6.34 Å². The van der Waals surface area contributed by atoms with Crippen LogP contribution < -0.4 is 0 Å². The summed E-state index contributed by atoms with van der Waals surface area (Å²) in [6, 6.07) is 0. The molecule has 0 amide bonds. The first-order chi connectivity index (χ1) is 3.31. The molecule has 0 rings (SSSR count). The molecule has 0 aliphatic rings. The zero-order valence-corrected chi connectivity index (χ0v) is 4.87. The highest BCUT2D eigenvalue weighted by Gasteiger charge is 1.81. The van der Waals surface area contributed by atoms with Crippen LogP contribution in [0.1, 0.15) is 13.3 Å². The first kappa shape index (κ1) is 6.63. The van der Waals surface area contributed by atoms with Crippen molar-refractivity contribution in [1.29, 1.82) is 5.41 Å². The Labute approximate surface area is 47.7 Å². The van der Waals surface area contributed by atoms with Crippen molar-refractivity contribution in [1.82, 2.24) is 0 Å². The summed E-state index contributed by atoms with van der Waals surface area (Å²) in [5.41, 5.74) is 0. The van der Waals surface area contributed by atoms with Gasteiger partial charge in [0, 0.05) is 0 Å². The van der Waals surface area contributed by atoms with Crippen molar-refractivity contribution >= 4 is 23.1 Å². The number of hydrogen-bond acceptors (Lipinski definition) is 1. The van der Waals surface area contributed by atoms with Crippen molar-refractivity contribution in [2.24, 2.45) is 4.99 Å². The maximum Gasteiger partial charge on any atom is 0.108 e. The SMILES string of the molecule is CC/C(Cl)=N\C=N. The highest BCUT2D eigenvalue weighted by atomic mass is 35.5. The predicted molar refractivity (Wildman–Crippen MR) is 32.4 cm³/mol. The lowest BCUT2D eigenvalue weighted by atomic mass is 10.5. The van der Waals surface area contributed by atoms with E-state index in [2.05, 4.69) is 4.99 Å². The van der Waals surface area contributed by atoms with Crippen molar-refractivity contribution in [3.8, 4) is 0 Å². The van der Waals surface area contributed by atoms with E-state index in [9.17, 15) is 0 Å². The molecule has 0 aromatic rings. The van der Waals surface area contributed by atoms with Gasteiger partial charge >= 0.3 is 0 Å². The first-order valence-corrected chi connectivity index (χ1v) is 2.40. The molecule has 0 aromatic heterocycles. The van der Waals surface area contributed by atoms with Crippen LogP contribution in [0.2, 0.25) is 0 Å². The van der Waals surface area contributed by atoms with Gasteiger partial charge in [-0.3, -0.25) is 5.41 Å². The molecule has 1 N–H and O–H groups in total. The molecule has 0 saturated carbocycles. The van der Waals surface area contributed by atoms with E-state index in [1.807, 2.05) is 6.92 Å². The predicted octanol–water partition coefficient (Wildman–Crippen LogP) is 1.64. The molecule has 7 heavy (non-hydrogen) atoms. The molecule has 0 heterocycles. The maximum absolute atomic E-state index is 6.44. The van der Waals surface area contributed by atoms with Crippen LogP contribution >= 0.6 is 11.6 Å². The Morgan fingerprint density at radius 2 is 2.57 bits per heavy atom. The third-order valence-electron chi connectivity index (χ3n) is 0.496. The van der Waals surface area contributed by atoms with Gasteiger partial charge in [0.1, 0.15) is 11.5 Å². The fourth-order valence-electron chi connectivity index (χ4n) is 0.161. The smallest absolute Gasteiger partial charge is 0.108 e. The molecule has 0 bridgehead atoms. The van der Waals surface area contributed by atoms with E-state index in [-0.39, 0.29) is 0 Å². The molecule has 0 aromatic carbocycles. The molecule has 0 atom stereocenters. The second-order valence-electron chi connectivity index (χ2n) is 0.988. The summed E-state index contributed by atoms with van der Waals surface area (Å²) in [5.74, 6) is 0. The number of rotatable bonds is 2. The summed E-state index contributed by atoms with van der Waals surface area (Å²) < 4.78 is 0. The van der Waals surface area contributed by atoms with Crippen molar-refractivity contribution in [3.63, 3.8) is 0 Å². The number of halogens is 1. The average molecular weight is 119 g/mol. The lowest BCUT2D eigenvalue weighted by Crippen LogP contribution is -1.80. The van der Waals surface area contributed by atoms with Crippen molar-refractivity contribution in [2.75, 3.05) is 0 Å². The van der Waals surface area contributed by atoms with E-state index in [0.29, 0.717) is 11.6 Å². The minimum Gasteiger partial charge on any atom is -0.289 e. The zero-order valence-electron chi connectivity index (χ0n) is 4.11. The van der Waals surface area contributed by atoms with Gasteiger partial charge in [-0.15, -0.1) is 0 Å². The summed E-state index contributed by atoms with van der Waals surface area (Å²) in [7, 11) is 0. The number of nitrogens with zero attached hydrogens (tertiary/aromatic N) is 1. The zero-order chi connectivity index (χ0) is 5.70. The van der Waals surface area contributed by atoms with Crippen LogP contribution in [0.25, 0.3) is 0 Å². The fraction of sp³-hybridized carbons (Fsp3) is 0.500. The Bertz CT molecular complexity index is 87.7. The van der Waals surface area contributed by atoms with Gasteiger partial charge in [-0.2, -0.15) is 0 Å². The minimum atomic E-state index is 0.481. The Kier molecular flexibility index (Phi) is 3.61. The highest BCUT2D eigenvalue weighted by Crippen LogP contribution is 1.87. The average Bonchev–Trinajstić information content (AvgIpc) is 1.68. The molecule has 0 aliphatic carbocycles. The van der Waals surface area contributed by atoms with Crippen molar-refractivity contribution in [3.05, 3.63) is 0 Å². The molecule has 0 fully saturated rings. The quantitative estimate of drug-likeness (QED) is 0.423. The Morgan fingerprint density at radius 1 is 2.00 bits per heavy atom. The third-order valence-corrected chi connectivity index (χ3v) is 0.861. The van der Waals surface area contributed by atoms with Gasteiger partial charge in [-0.05, 0) is 6.42 Å². The van der Waals surface area contributed by atoms with Crippen molar-refractivity contribution in [2.45, 2.75) is 13.3 Å². The molecule has 0 radical (unpaired) electrons. The van der Waals surface area contributed by atoms with E-state index in [4.69, 9.17) is 17.0 Å². The van der Waals surface area contributed by atoms with Crippen LogP contribution in [0, 0.1) is 5.41 Å². The maximum atomic E-state index is 6.44. The van der Waals surface area contributed by atoms with Gasteiger partial charge in [0.25, 0.3) is 0 Å². The molecule has 0 unspecified atom stereocenters. The van der Waals surface area contributed by atoms with E-state index in [1.165, 1.54) is 0 Å². The molecule has 40 valence electrons. The second-order valence-corrected chi connectivity index (χ2v) is 1.42. The molecule has 2 nitrogen and oxygen atoms in total. The lowest BCUT2D eigenvalue weighted by molar-refractivity contribution is 1.31. The number of nitrogens with one attached hydrogen (secondary N) is 1.